The molecule has 2 unspecified atom stereocenters. The molecule has 3 rings (SSSR count). The van der Waals surface area contributed by atoms with E-state index < -0.39 is 17.9 Å². The van der Waals surface area contributed by atoms with E-state index in [2.05, 4.69) is 20.6 Å². The van der Waals surface area contributed by atoms with Crippen molar-refractivity contribution in [2.45, 2.75) is 31.0 Å². The minimum atomic E-state index is -4.48. The van der Waals surface area contributed by atoms with Crippen LogP contribution < -0.4 is 5.32 Å². The standard InChI is InChI=1S/C16H21F3N6O.ClH/c1-20-14(11-7-21-24(2)8-11)15(26)25-5-3-4-10(9-25)12-6-13(23-22-12)16(17,18)19;/h6-8,10,14,20H,3-5,9H2,1-2H3,(H,22,23);1H. The molecule has 0 radical (unpaired) electrons. The Hall–Kier alpha value is -2.07. The zero-order valence-corrected chi connectivity index (χ0v) is 15.8. The molecule has 0 aliphatic carbocycles. The first-order chi connectivity index (χ1) is 12.3. The molecule has 1 amide bonds. The maximum atomic E-state index is 12.9. The number of amides is 1. The summed E-state index contributed by atoms with van der Waals surface area (Å²) in [5.41, 5.74) is 0.236. The number of likely N-dealkylation sites (tertiary alicyclic amines) is 1. The van der Waals surface area contributed by atoms with Crippen LogP contribution in [0.4, 0.5) is 13.2 Å². The fraction of sp³-hybridized carbons (Fsp3) is 0.562. The van der Waals surface area contributed by atoms with E-state index in [1.54, 1.807) is 36.1 Å². The first kappa shape index (κ1) is 21.2. The molecule has 3 heterocycles. The lowest BCUT2D eigenvalue weighted by molar-refractivity contribution is -0.141. The zero-order chi connectivity index (χ0) is 18.9. The molecule has 2 aromatic rings. The van der Waals surface area contributed by atoms with Gasteiger partial charge in [-0.05, 0) is 26.0 Å². The Bertz CT molecular complexity index is 774. The maximum absolute atomic E-state index is 12.9. The monoisotopic (exact) mass is 406 g/mol. The molecule has 0 saturated carbocycles. The summed E-state index contributed by atoms with van der Waals surface area (Å²) in [6, 6.07) is 0.505. The number of aromatic nitrogens is 4. The third kappa shape index (κ3) is 4.62. The molecular weight excluding hydrogens is 385 g/mol. The van der Waals surface area contributed by atoms with Crippen LogP contribution in [0.3, 0.4) is 0 Å². The van der Waals surface area contributed by atoms with Crippen molar-refractivity contribution in [2.24, 2.45) is 7.05 Å². The van der Waals surface area contributed by atoms with Crippen molar-refractivity contribution in [3.05, 3.63) is 35.4 Å². The van der Waals surface area contributed by atoms with Crippen molar-refractivity contribution < 1.29 is 18.0 Å². The van der Waals surface area contributed by atoms with Gasteiger partial charge < -0.3 is 10.2 Å². The number of rotatable bonds is 4. The highest BCUT2D eigenvalue weighted by Gasteiger charge is 2.36. The number of aryl methyl sites for hydroxylation is 1. The van der Waals surface area contributed by atoms with Crippen molar-refractivity contribution in [1.29, 1.82) is 0 Å². The minimum Gasteiger partial charge on any atom is -0.340 e. The minimum absolute atomic E-state index is 0. The van der Waals surface area contributed by atoms with Crippen LogP contribution in [-0.4, -0.2) is 50.9 Å². The topological polar surface area (TPSA) is 78.8 Å². The quantitative estimate of drug-likeness (QED) is 0.816. The second kappa shape index (κ2) is 8.30. The number of likely N-dealkylation sites (N-methyl/N-ethyl adjacent to an activating group) is 1. The lowest BCUT2D eigenvalue weighted by Crippen LogP contribution is -2.44. The van der Waals surface area contributed by atoms with Gasteiger partial charge in [0.15, 0.2) is 5.69 Å². The van der Waals surface area contributed by atoms with Gasteiger partial charge in [0.2, 0.25) is 5.91 Å². The highest BCUT2D eigenvalue weighted by Crippen LogP contribution is 2.32. The normalized spacial score (nSPS) is 18.9. The van der Waals surface area contributed by atoms with Crippen LogP contribution in [0.2, 0.25) is 0 Å². The molecule has 2 atom stereocenters. The molecule has 27 heavy (non-hydrogen) atoms. The number of aromatic amines is 1. The fourth-order valence-corrected chi connectivity index (χ4v) is 3.33. The van der Waals surface area contributed by atoms with Crippen molar-refractivity contribution >= 4 is 18.3 Å². The second-order valence-corrected chi connectivity index (χ2v) is 6.50. The number of halogens is 4. The summed E-state index contributed by atoms with van der Waals surface area (Å²) in [6.07, 6.45) is 0.354. The van der Waals surface area contributed by atoms with Crippen LogP contribution in [0.15, 0.2) is 18.5 Å². The van der Waals surface area contributed by atoms with Crippen LogP contribution in [0.5, 0.6) is 0 Å². The molecule has 0 aromatic carbocycles. The van der Waals surface area contributed by atoms with Gasteiger partial charge in [-0.25, -0.2) is 0 Å². The average Bonchev–Trinajstić information content (AvgIpc) is 3.25. The highest BCUT2D eigenvalue weighted by molar-refractivity contribution is 5.85. The van der Waals surface area contributed by atoms with E-state index in [1.807, 2.05) is 0 Å². The van der Waals surface area contributed by atoms with Gasteiger partial charge in [-0.1, -0.05) is 0 Å². The van der Waals surface area contributed by atoms with E-state index >= 15 is 0 Å². The third-order valence-electron chi connectivity index (χ3n) is 4.65. The SMILES string of the molecule is CNC(C(=O)N1CCCC(c2cc(C(F)(F)F)n[nH]2)C1)c1cnn(C)c1.Cl. The number of hydrogen-bond acceptors (Lipinski definition) is 4. The first-order valence-corrected chi connectivity index (χ1v) is 8.36. The van der Waals surface area contributed by atoms with Gasteiger partial charge in [-0.15, -0.1) is 12.4 Å². The lowest BCUT2D eigenvalue weighted by atomic mass is 9.94. The van der Waals surface area contributed by atoms with E-state index in [0.29, 0.717) is 25.2 Å². The number of H-pyrrole nitrogens is 1. The molecule has 0 spiro atoms. The molecule has 150 valence electrons. The molecule has 1 aliphatic heterocycles. The third-order valence-corrected chi connectivity index (χ3v) is 4.65. The van der Waals surface area contributed by atoms with E-state index in [4.69, 9.17) is 0 Å². The molecule has 1 aliphatic rings. The van der Waals surface area contributed by atoms with Gasteiger partial charge in [0.25, 0.3) is 0 Å². The second-order valence-electron chi connectivity index (χ2n) is 6.50. The van der Waals surface area contributed by atoms with Gasteiger partial charge in [0.05, 0.1) is 6.20 Å². The fourth-order valence-electron chi connectivity index (χ4n) is 3.33. The molecule has 1 saturated heterocycles. The molecule has 7 nitrogen and oxygen atoms in total. The van der Waals surface area contributed by atoms with Gasteiger partial charge in [-0.3, -0.25) is 14.6 Å². The van der Waals surface area contributed by atoms with Gasteiger partial charge in [-0.2, -0.15) is 23.4 Å². The maximum Gasteiger partial charge on any atom is 0.435 e. The van der Waals surface area contributed by atoms with Gasteiger partial charge in [0, 0.05) is 43.5 Å². The van der Waals surface area contributed by atoms with Gasteiger partial charge in [0.1, 0.15) is 6.04 Å². The number of carbonyl (C=O) groups is 1. The van der Waals surface area contributed by atoms with E-state index in [1.165, 1.54) is 0 Å². The summed E-state index contributed by atoms with van der Waals surface area (Å²) in [6.45, 7) is 0.935. The summed E-state index contributed by atoms with van der Waals surface area (Å²) in [5.74, 6) is -0.302. The summed E-state index contributed by atoms with van der Waals surface area (Å²) >= 11 is 0. The Labute approximate surface area is 160 Å². The predicted octanol–water partition coefficient (Wildman–Crippen LogP) is 2.25. The number of nitrogens with zero attached hydrogens (tertiary/aromatic N) is 4. The molecule has 2 aromatic heterocycles. The molecule has 0 bridgehead atoms. The van der Waals surface area contributed by atoms with Gasteiger partial charge >= 0.3 is 6.18 Å². The van der Waals surface area contributed by atoms with E-state index in [-0.39, 0.29) is 24.2 Å². The number of piperidine rings is 1. The van der Waals surface area contributed by atoms with E-state index in [0.717, 1.165) is 18.1 Å². The number of nitrogens with one attached hydrogen (secondary N) is 2. The molecule has 1 fully saturated rings. The Morgan fingerprint density at radius 2 is 2.19 bits per heavy atom. The Balaban J connectivity index is 0.00000261. The van der Waals surface area contributed by atoms with Crippen molar-refractivity contribution in [2.75, 3.05) is 20.1 Å². The first-order valence-electron chi connectivity index (χ1n) is 8.36. The van der Waals surface area contributed by atoms with Crippen LogP contribution >= 0.6 is 12.4 Å². The van der Waals surface area contributed by atoms with Crippen LogP contribution in [0, 0.1) is 0 Å². The Morgan fingerprint density at radius 1 is 1.44 bits per heavy atom. The largest absolute Gasteiger partial charge is 0.435 e. The molecular formula is C16H22ClF3N6O. The number of carbonyl (C=O) groups excluding carboxylic acids is 1. The summed E-state index contributed by atoms with van der Waals surface area (Å²) in [4.78, 5) is 14.6. The van der Waals surface area contributed by atoms with E-state index in [9.17, 15) is 18.0 Å². The summed E-state index contributed by atoms with van der Waals surface area (Å²) in [5, 5.41) is 12.9. The van der Waals surface area contributed by atoms with Crippen molar-refractivity contribution in [1.82, 2.24) is 30.2 Å². The number of alkyl halides is 3. The average molecular weight is 407 g/mol. The number of hydrogen-bond donors (Lipinski definition) is 2. The van der Waals surface area contributed by atoms with Crippen LogP contribution in [0.1, 0.15) is 41.8 Å². The van der Waals surface area contributed by atoms with Crippen LogP contribution in [0.25, 0.3) is 0 Å². The zero-order valence-electron chi connectivity index (χ0n) is 15.0. The smallest absolute Gasteiger partial charge is 0.340 e. The summed E-state index contributed by atoms with van der Waals surface area (Å²) < 4.78 is 39.9. The highest BCUT2D eigenvalue weighted by atomic mass is 35.5. The van der Waals surface area contributed by atoms with Crippen molar-refractivity contribution in [3.63, 3.8) is 0 Å². The van der Waals surface area contributed by atoms with Crippen LogP contribution in [-0.2, 0) is 18.0 Å². The Kier molecular flexibility index (Phi) is 6.53. The molecule has 2 N–H and O–H groups in total. The Morgan fingerprint density at radius 3 is 2.74 bits per heavy atom. The lowest BCUT2D eigenvalue weighted by Gasteiger charge is -2.34. The summed E-state index contributed by atoms with van der Waals surface area (Å²) in [7, 11) is 3.47. The molecule has 11 heteroatoms. The predicted molar refractivity (Wildman–Crippen MR) is 94.4 cm³/mol. The van der Waals surface area contributed by atoms with Crippen molar-refractivity contribution in [3.8, 4) is 0 Å².